The highest BCUT2D eigenvalue weighted by Gasteiger charge is 2.23. The van der Waals surface area contributed by atoms with E-state index < -0.39 is 0 Å². The van der Waals surface area contributed by atoms with Crippen molar-refractivity contribution >= 4 is 60.4 Å². The van der Waals surface area contributed by atoms with Gasteiger partial charge in [0, 0.05) is 22.1 Å². The van der Waals surface area contributed by atoms with Gasteiger partial charge in [0.1, 0.15) is 0 Å². The van der Waals surface area contributed by atoms with Gasteiger partial charge in [0.05, 0.1) is 22.4 Å². The second-order valence-electron chi connectivity index (χ2n) is 16.5. The first kappa shape index (κ1) is 37.3. The minimum absolute atomic E-state index is 1.08. The predicted molar refractivity (Wildman–Crippen MR) is 272 cm³/mol. The zero-order chi connectivity index (χ0) is 42.4. The molecule has 0 bridgehead atoms. The molecule has 2 nitrogen and oxygen atoms in total. The summed E-state index contributed by atoms with van der Waals surface area (Å²) in [5.41, 5.74) is 16.3. The van der Waals surface area contributed by atoms with E-state index in [1.54, 1.807) is 0 Å². The van der Waals surface area contributed by atoms with Crippen LogP contribution in [0.4, 0.5) is 17.1 Å². The van der Waals surface area contributed by atoms with Crippen LogP contribution < -0.4 is 4.90 Å². The van der Waals surface area contributed by atoms with E-state index in [1.165, 1.54) is 82.3 Å². The number of hydrogen-bond acceptors (Lipinski definition) is 1. The lowest BCUT2D eigenvalue weighted by Crippen LogP contribution is -2.13. The number of nitrogens with zero attached hydrogens (tertiary/aromatic N) is 2. The second kappa shape index (κ2) is 15.8. The summed E-state index contributed by atoms with van der Waals surface area (Å²) in [6.45, 7) is 0. The smallest absolute Gasteiger partial charge is 0.0702 e. The highest BCUT2D eigenvalue weighted by molar-refractivity contribution is 6.25. The molecule has 0 radical (unpaired) electrons. The Hall–Kier alpha value is -8.46. The molecule has 0 fully saturated rings. The van der Waals surface area contributed by atoms with Crippen molar-refractivity contribution < 1.29 is 0 Å². The van der Waals surface area contributed by atoms with Crippen LogP contribution in [-0.2, 0) is 0 Å². The molecule has 0 aliphatic heterocycles. The van der Waals surface area contributed by atoms with Gasteiger partial charge in [-0.15, -0.1) is 0 Å². The minimum atomic E-state index is 1.08. The first-order valence-corrected chi connectivity index (χ1v) is 22.0. The monoisotopic (exact) mass is 814 g/mol. The second-order valence-corrected chi connectivity index (χ2v) is 16.5. The van der Waals surface area contributed by atoms with Gasteiger partial charge in [-0.05, 0) is 115 Å². The van der Waals surface area contributed by atoms with Crippen molar-refractivity contribution in [1.82, 2.24) is 4.57 Å². The highest BCUT2D eigenvalue weighted by Crippen LogP contribution is 2.46. The molecular weight excluding hydrogens is 773 g/mol. The zero-order valence-corrected chi connectivity index (χ0v) is 35.1. The van der Waals surface area contributed by atoms with Gasteiger partial charge >= 0.3 is 0 Å². The summed E-state index contributed by atoms with van der Waals surface area (Å²) in [6, 6.07) is 92.7. The average Bonchev–Trinajstić information content (AvgIpc) is 3.72. The van der Waals surface area contributed by atoms with Gasteiger partial charge in [0.25, 0.3) is 0 Å². The molecule has 0 saturated heterocycles. The quantitative estimate of drug-likeness (QED) is 0.148. The molecule has 12 rings (SSSR count). The van der Waals surface area contributed by atoms with E-state index in [0.717, 1.165) is 28.3 Å². The molecule has 0 spiro atoms. The van der Waals surface area contributed by atoms with Gasteiger partial charge in [-0.1, -0.05) is 206 Å². The van der Waals surface area contributed by atoms with Gasteiger partial charge in [-0.3, -0.25) is 0 Å². The molecule has 0 atom stereocenters. The van der Waals surface area contributed by atoms with Gasteiger partial charge in [0.2, 0.25) is 0 Å². The summed E-state index contributed by atoms with van der Waals surface area (Å²) >= 11 is 0. The number of aromatic nitrogens is 1. The van der Waals surface area contributed by atoms with Crippen LogP contribution in [0.1, 0.15) is 0 Å². The fraction of sp³-hybridized carbons (Fsp3) is 0. The normalized spacial score (nSPS) is 11.4. The Bertz CT molecular complexity index is 3640. The lowest BCUT2D eigenvalue weighted by molar-refractivity contribution is 1.15. The zero-order valence-electron chi connectivity index (χ0n) is 35.1. The average molecular weight is 815 g/mol. The van der Waals surface area contributed by atoms with Crippen molar-refractivity contribution in [3.63, 3.8) is 0 Å². The van der Waals surface area contributed by atoms with Crippen LogP contribution in [0.2, 0.25) is 0 Å². The van der Waals surface area contributed by atoms with Crippen LogP contribution in [0, 0.1) is 0 Å². The van der Waals surface area contributed by atoms with Crippen LogP contribution in [0.3, 0.4) is 0 Å². The lowest BCUT2D eigenvalue weighted by atomic mass is 9.93. The van der Waals surface area contributed by atoms with E-state index in [-0.39, 0.29) is 0 Å². The van der Waals surface area contributed by atoms with Crippen molar-refractivity contribution in [2.24, 2.45) is 0 Å². The third kappa shape index (κ3) is 6.44. The Morgan fingerprint density at radius 1 is 0.281 bits per heavy atom. The third-order valence-electron chi connectivity index (χ3n) is 12.8. The van der Waals surface area contributed by atoms with E-state index in [2.05, 4.69) is 264 Å². The number of benzene rings is 11. The van der Waals surface area contributed by atoms with Crippen LogP contribution >= 0.6 is 0 Å². The van der Waals surface area contributed by atoms with Gasteiger partial charge < -0.3 is 9.47 Å². The molecule has 12 aromatic rings. The molecule has 0 unspecified atom stereocenters. The molecule has 0 amide bonds. The number of fused-ring (bicyclic) bond motifs is 6. The molecule has 0 saturated carbocycles. The fourth-order valence-corrected chi connectivity index (χ4v) is 9.80. The highest BCUT2D eigenvalue weighted by atomic mass is 15.2. The van der Waals surface area contributed by atoms with E-state index in [0.29, 0.717) is 0 Å². The summed E-state index contributed by atoms with van der Waals surface area (Å²) in [5.74, 6) is 0. The first-order valence-electron chi connectivity index (χ1n) is 22.0. The predicted octanol–water partition coefficient (Wildman–Crippen LogP) is 17.2. The number of hydrogen-bond donors (Lipinski definition) is 0. The van der Waals surface area contributed by atoms with E-state index >= 15 is 0 Å². The molecule has 0 N–H and O–H groups in total. The largest absolute Gasteiger partial charge is 0.308 e. The van der Waals surface area contributed by atoms with Crippen molar-refractivity contribution in [3.05, 3.63) is 255 Å². The van der Waals surface area contributed by atoms with Crippen LogP contribution in [0.5, 0.6) is 0 Å². The van der Waals surface area contributed by atoms with Gasteiger partial charge in [-0.25, -0.2) is 0 Å². The van der Waals surface area contributed by atoms with Gasteiger partial charge in [-0.2, -0.15) is 0 Å². The Labute approximate surface area is 373 Å². The molecular formula is C62H42N2. The summed E-state index contributed by atoms with van der Waals surface area (Å²) in [7, 11) is 0. The minimum Gasteiger partial charge on any atom is -0.308 e. The molecule has 1 aromatic heterocycles. The van der Waals surface area contributed by atoms with E-state index in [9.17, 15) is 0 Å². The summed E-state index contributed by atoms with van der Waals surface area (Å²) in [5, 5.41) is 7.43. The number of anilines is 3. The first-order chi connectivity index (χ1) is 31.8. The third-order valence-corrected chi connectivity index (χ3v) is 12.8. The maximum Gasteiger partial charge on any atom is 0.0702 e. The van der Waals surface area contributed by atoms with Crippen molar-refractivity contribution in [3.8, 4) is 50.2 Å². The Morgan fingerprint density at radius 2 is 0.828 bits per heavy atom. The Morgan fingerprint density at radius 3 is 1.59 bits per heavy atom. The maximum atomic E-state index is 2.48. The standard InChI is InChI=1S/C62H42N2/c1-3-16-43(17-4-1)45-32-34-48(35-33-45)55-28-15-22-49-38-41-60-62(61(49)55)56-26-9-10-29-57(56)64(60)59-31-12-11-30-58(59)63(51-39-36-46(37-40-51)44-18-5-2-6-19-44)52-24-13-23-50(42-52)54-27-14-21-47-20-7-8-25-53(47)54/h1-42H. The summed E-state index contributed by atoms with van der Waals surface area (Å²) < 4.78 is 2.48. The lowest BCUT2D eigenvalue weighted by Gasteiger charge is -2.29. The van der Waals surface area contributed by atoms with Crippen LogP contribution in [0.15, 0.2) is 255 Å². The van der Waals surface area contributed by atoms with Gasteiger partial charge in [0.15, 0.2) is 0 Å². The van der Waals surface area contributed by atoms with E-state index in [1.807, 2.05) is 0 Å². The molecule has 11 aromatic carbocycles. The van der Waals surface area contributed by atoms with Crippen molar-refractivity contribution in [2.75, 3.05) is 4.90 Å². The summed E-state index contributed by atoms with van der Waals surface area (Å²) in [6.07, 6.45) is 0. The number of rotatable bonds is 8. The van der Waals surface area contributed by atoms with Crippen LogP contribution in [-0.4, -0.2) is 4.57 Å². The van der Waals surface area contributed by atoms with Crippen LogP contribution in [0.25, 0.3) is 93.5 Å². The molecule has 0 aliphatic rings. The molecule has 300 valence electrons. The van der Waals surface area contributed by atoms with E-state index in [4.69, 9.17) is 0 Å². The summed E-state index contributed by atoms with van der Waals surface area (Å²) in [4.78, 5) is 2.43. The van der Waals surface area contributed by atoms with Crippen molar-refractivity contribution in [2.45, 2.75) is 0 Å². The molecule has 2 heteroatoms. The Kier molecular flexibility index (Phi) is 9.20. The topological polar surface area (TPSA) is 8.17 Å². The van der Waals surface area contributed by atoms with Crippen molar-refractivity contribution in [1.29, 1.82) is 0 Å². The maximum absolute atomic E-state index is 2.48. The Balaban J connectivity index is 1.07. The molecule has 64 heavy (non-hydrogen) atoms. The SMILES string of the molecule is c1ccc(-c2ccc(-c3cccc4ccc5c(c6ccccc6n5-c5ccccc5N(c5ccc(-c6ccccc6)cc5)c5cccc(-c6cccc7ccccc67)c5)c34)cc2)cc1. The number of para-hydroxylation sites is 3. The molecule has 1 heterocycles. The molecule has 0 aliphatic carbocycles. The fourth-order valence-electron chi connectivity index (χ4n) is 9.80.